The average Bonchev–Trinajstić information content (AvgIpc) is 3.12. The summed E-state index contributed by atoms with van der Waals surface area (Å²) in [6.45, 7) is 4.38. The van der Waals surface area contributed by atoms with Crippen molar-refractivity contribution in [2.45, 2.75) is 45.3 Å². The van der Waals surface area contributed by atoms with Gasteiger partial charge in [0.05, 0.1) is 6.34 Å². The van der Waals surface area contributed by atoms with E-state index in [2.05, 4.69) is 27.1 Å². The van der Waals surface area contributed by atoms with Crippen LogP contribution in [0.25, 0.3) is 0 Å². The Morgan fingerprint density at radius 3 is 3.00 bits per heavy atom. The number of nitrogens with zero attached hydrogens (tertiary/aromatic N) is 3. The highest BCUT2D eigenvalue weighted by atomic mass is 15.4. The van der Waals surface area contributed by atoms with Crippen LogP contribution in [0, 0.1) is 5.92 Å². The van der Waals surface area contributed by atoms with E-state index < -0.39 is 0 Å². The molecule has 1 heterocycles. The molecular formula is C12H22N4. The molecule has 4 heteroatoms. The van der Waals surface area contributed by atoms with Gasteiger partial charge in [0.2, 0.25) is 0 Å². The standard InChI is InChI=1S/C12H22N4/c1-2-3-4-7-16-10-13-9-15-12(16)14-8-11-5-6-11/h9-12,14H,2-8H2,1H3. The Hall–Kier alpha value is -0.900. The third-order valence-corrected chi connectivity index (χ3v) is 3.11. The van der Waals surface area contributed by atoms with Gasteiger partial charge in [-0.2, -0.15) is 0 Å². The number of nitrogens with one attached hydrogen (secondary N) is 1. The molecule has 16 heavy (non-hydrogen) atoms. The lowest BCUT2D eigenvalue weighted by atomic mass is 10.2. The van der Waals surface area contributed by atoms with Gasteiger partial charge in [0.1, 0.15) is 6.34 Å². The van der Waals surface area contributed by atoms with Gasteiger partial charge < -0.3 is 4.90 Å². The summed E-state index contributed by atoms with van der Waals surface area (Å²) in [6, 6.07) is 0. The second-order valence-corrected chi connectivity index (χ2v) is 4.70. The molecule has 1 unspecified atom stereocenters. The molecule has 1 aliphatic heterocycles. The van der Waals surface area contributed by atoms with Gasteiger partial charge in [-0.05, 0) is 25.2 Å². The number of hydrogen-bond donors (Lipinski definition) is 1. The first-order valence-corrected chi connectivity index (χ1v) is 6.44. The molecule has 1 fully saturated rings. The van der Waals surface area contributed by atoms with Crippen molar-refractivity contribution in [1.29, 1.82) is 0 Å². The number of rotatable bonds is 7. The van der Waals surface area contributed by atoms with Gasteiger partial charge in [-0.1, -0.05) is 19.8 Å². The zero-order valence-electron chi connectivity index (χ0n) is 10.1. The smallest absolute Gasteiger partial charge is 0.178 e. The molecule has 0 aromatic heterocycles. The van der Waals surface area contributed by atoms with E-state index >= 15 is 0 Å². The summed E-state index contributed by atoms with van der Waals surface area (Å²) in [5, 5.41) is 3.50. The summed E-state index contributed by atoms with van der Waals surface area (Å²) in [7, 11) is 0. The fourth-order valence-electron chi connectivity index (χ4n) is 1.85. The minimum atomic E-state index is 0.120. The van der Waals surface area contributed by atoms with E-state index in [0.29, 0.717) is 0 Å². The van der Waals surface area contributed by atoms with E-state index in [9.17, 15) is 0 Å². The van der Waals surface area contributed by atoms with Crippen molar-refractivity contribution in [1.82, 2.24) is 10.2 Å². The third-order valence-electron chi connectivity index (χ3n) is 3.11. The van der Waals surface area contributed by atoms with Gasteiger partial charge in [-0.25, -0.2) is 9.98 Å². The van der Waals surface area contributed by atoms with Crippen LogP contribution in [-0.2, 0) is 0 Å². The van der Waals surface area contributed by atoms with Crippen LogP contribution in [0.4, 0.5) is 0 Å². The maximum atomic E-state index is 4.38. The Kier molecular flexibility index (Phi) is 4.34. The molecule has 4 nitrogen and oxygen atoms in total. The summed E-state index contributed by atoms with van der Waals surface area (Å²) in [4.78, 5) is 10.7. The normalized spacial score (nSPS) is 24.1. The quantitative estimate of drug-likeness (QED) is 0.668. The fraction of sp³-hybridized carbons (Fsp3) is 0.833. The first-order chi connectivity index (χ1) is 7.90. The Morgan fingerprint density at radius 2 is 2.25 bits per heavy atom. The lowest BCUT2D eigenvalue weighted by molar-refractivity contribution is 0.268. The summed E-state index contributed by atoms with van der Waals surface area (Å²) in [5.41, 5.74) is 0. The van der Waals surface area contributed by atoms with Crippen molar-refractivity contribution in [3.63, 3.8) is 0 Å². The predicted octanol–water partition coefficient (Wildman–Crippen LogP) is 1.83. The Balaban J connectivity index is 1.73. The molecule has 0 amide bonds. The second-order valence-electron chi connectivity index (χ2n) is 4.70. The van der Waals surface area contributed by atoms with Gasteiger partial charge >= 0.3 is 0 Å². The minimum Gasteiger partial charge on any atom is -0.328 e. The molecule has 1 atom stereocenters. The molecule has 0 spiro atoms. The highest BCUT2D eigenvalue weighted by Gasteiger charge is 2.23. The molecule has 2 rings (SSSR count). The van der Waals surface area contributed by atoms with Gasteiger partial charge in [0.15, 0.2) is 6.29 Å². The van der Waals surface area contributed by atoms with Crippen LogP contribution in [0.5, 0.6) is 0 Å². The van der Waals surface area contributed by atoms with E-state index in [1.807, 2.05) is 6.34 Å². The van der Waals surface area contributed by atoms with Gasteiger partial charge in [-0.3, -0.25) is 5.32 Å². The maximum Gasteiger partial charge on any atom is 0.178 e. The Morgan fingerprint density at radius 1 is 1.38 bits per heavy atom. The van der Waals surface area contributed by atoms with Crippen LogP contribution < -0.4 is 5.32 Å². The topological polar surface area (TPSA) is 40.0 Å². The first-order valence-electron chi connectivity index (χ1n) is 6.44. The lowest BCUT2D eigenvalue weighted by Gasteiger charge is -2.29. The fourth-order valence-corrected chi connectivity index (χ4v) is 1.85. The lowest BCUT2D eigenvalue weighted by Crippen LogP contribution is -2.46. The number of aliphatic imine (C=N–C) groups is 2. The molecule has 1 saturated carbocycles. The molecule has 1 aliphatic carbocycles. The van der Waals surface area contributed by atoms with E-state index in [-0.39, 0.29) is 6.29 Å². The average molecular weight is 222 g/mol. The molecule has 2 aliphatic rings. The highest BCUT2D eigenvalue weighted by molar-refractivity contribution is 5.73. The molecule has 0 aromatic carbocycles. The monoisotopic (exact) mass is 222 g/mol. The predicted molar refractivity (Wildman–Crippen MR) is 67.7 cm³/mol. The molecular weight excluding hydrogens is 200 g/mol. The van der Waals surface area contributed by atoms with Crippen molar-refractivity contribution in [2.75, 3.05) is 13.1 Å². The highest BCUT2D eigenvalue weighted by Crippen LogP contribution is 2.27. The number of unbranched alkanes of at least 4 members (excludes halogenated alkanes) is 2. The summed E-state index contributed by atoms with van der Waals surface area (Å²) < 4.78 is 0. The second kappa shape index (κ2) is 5.99. The van der Waals surface area contributed by atoms with Crippen molar-refractivity contribution >= 4 is 12.7 Å². The summed E-state index contributed by atoms with van der Waals surface area (Å²) >= 11 is 0. The molecule has 0 saturated heterocycles. The van der Waals surface area contributed by atoms with Crippen molar-refractivity contribution in [3.05, 3.63) is 0 Å². The van der Waals surface area contributed by atoms with Crippen LogP contribution >= 0.6 is 0 Å². The first kappa shape index (κ1) is 11.6. The summed E-state index contributed by atoms with van der Waals surface area (Å²) in [5.74, 6) is 0.895. The largest absolute Gasteiger partial charge is 0.328 e. The van der Waals surface area contributed by atoms with E-state index in [1.165, 1.54) is 32.1 Å². The maximum absolute atomic E-state index is 4.38. The zero-order chi connectivity index (χ0) is 11.2. The minimum absolute atomic E-state index is 0.120. The van der Waals surface area contributed by atoms with Crippen molar-refractivity contribution < 1.29 is 0 Å². The van der Waals surface area contributed by atoms with Gasteiger partial charge in [-0.15, -0.1) is 0 Å². The molecule has 0 aromatic rings. The molecule has 0 radical (unpaired) electrons. The van der Waals surface area contributed by atoms with Crippen LogP contribution in [0.2, 0.25) is 0 Å². The zero-order valence-corrected chi connectivity index (χ0v) is 10.1. The Bertz CT molecular complexity index is 258. The molecule has 0 bridgehead atoms. The van der Waals surface area contributed by atoms with Crippen LogP contribution in [0.15, 0.2) is 9.98 Å². The third kappa shape index (κ3) is 3.59. The summed E-state index contributed by atoms with van der Waals surface area (Å²) in [6.07, 6.45) is 10.2. The molecule has 1 N–H and O–H groups in total. The number of hydrogen-bond acceptors (Lipinski definition) is 4. The van der Waals surface area contributed by atoms with Gasteiger partial charge in [0.25, 0.3) is 0 Å². The van der Waals surface area contributed by atoms with Crippen molar-refractivity contribution in [2.24, 2.45) is 15.9 Å². The van der Waals surface area contributed by atoms with Crippen LogP contribution in [0.1, 0.15) is 39.0 Å². The van der Waals surface area contributed by atoms with E-state index in [4.69, 9.17) is 0 Å². The van der Waals surface area contributed by atoms with Crippen LogP contribution in [0.3, 0.4) is 0 Å². The van der Waals surface area contributed by atoms with Gasteiger partial charge in [0, 0.05) is 13.1 Å². The van der Waals surface area contributed by atoms with Crippen molar-refractivity contribution in [3.8, 4) is 0 Å². The van der Waals surface area contributed by atoms with E-state index in [0.717, 1.165) is 19.0 Å². The Labute approximate surface area is 97.8 Å². The molecule has 90 valence electrons. The van der Waals surface area contributed by atoms with E-state index in [1.54, 1.807) is 6.34 Å². The van der Waals surface area contributed by atoms with Crippen LogP contribution in [-0.4, -0.2) is 37.0 Å². The SMILES string of the molecule is CCCCCN1C=NC=NC1NCC1CC1.